The predicted molar refractivity (Wildman–Crippen MR) is 210 cm³/mol. The summed E-state index contributed by atoms with van der Waals surface area (Å²) in [5.41, 5.74) is 5.15. The summed E-state index contributed by atoms with van der Waals surface area (Å²) in [4.78, 5) is 10.9. The molecule has 0 aliphatic rings. The molecule has 0 saturated carbocycles. The molecule has 3 N–H and O–H groups in total. The Morgan fingerprint density at radius 2 is 1.05 bits per heavy atom. The SMILES string of the molecule is CCC[Si](C)(C)OC[Si](C)(C)OC[Si](C)(C)C.C[Si](C)(C)O[Si](C)(C)O[Si](C)(C)O[Si](C)(CCCNC(N)=O)O[Si](C)(C)C. The minimum absolute atomic E-state index is 0.500. The van der Waals surface area contributed by atoms with Crippen LogP contribution in [0.2, 0.25) is 130 Å². The van der Waals surface area contributed by atoms with Gasteiger partial charge in [-0.05, 0) is 117 Å². The molecular weight excluding hydrogens is 689 g/mol. The molecule has 1 unspecified atom stereocenters. The first-order valence-corrected chi connectivity index (χ1v) is 41.2. The fourth-order valence-electron chi connectivity index (χ4n) is 4.78. The number of nitrogens with one attached hydrogen (secondary N) is 1. The second-order valence-electron chi connectivity index (χ2n) is 17.4. The van der Waals surface area contributed by atoms with E-state index >= 15 is 0 Å². The van der Waals surface area contributed by atoms with Crippen molar-refractivity contribution in [2.24, 2.45) is 5.73 Å². The van der Waals surface area contributed by atoms with Crippen molar-refractivity contribution < 1.29 is 30.1 Å². The normalized spacial score (nSPS) is 15.3. The minimum atomic E-state index is -2.47. The summed E-state index contributed by atoms with van der Waals surface area (Å²) in [6.07, 6.45) is 3.85. The van der Waals surface area contributed by atoms with Gasteiger partial charge in [0.25, 0.3) is 0 Å². The first kappa shape index (κ1) is 46.9. The molecule has 17 heteroatoms. The van der Waals surface area contributed by atoms with E-state index in [4.69, 9.17) is 31.0 Å². The summed E-state index contributed by atoms with van der Waals surface area (Å²) >= 11 is 0. The first-order chi connectivity index (χ1) is 19.2. The van der Waals surface area contributed by atoms with Gasteiger partial charge in [0, 0.05) is 12.8 Å². The van der Waals surface area contributed by atoms with Gasteiger partial charge in [-0.3, -0.25) is 0 Å². The smallest absolute Gasteiger partial charge is 0.315 e. The zero-order chi connectivity index (χ0) is 35.5. The number of primary amides is 1. The lowest BCUT2D eigenvalue weighted by atomic mass is 10.5. The Hall–Kier alpha value is 0.765. The van der Waals surface area contributed by atoms with Crippen LogP contribution in [0.5, 0.6) is 0 Å². The Labute approximate surface area is 281 Å². The topological polar surface area (TPSA) is 111 Å². The van der Waals surface area contributed by atoms with E-state index in [9.17, 15) is 4.79 Å². The second kappa shape index (κ2) is 18.5. The van der Waals surface area contributed by atoms with E-state index in [0.717, 1.165) is 24.9 Å². The van der Waals surface area contributed by atoms with Crippen LogP contribution in [-0.4, -0.2) is 92.1 Å². The average Bonchev–Trinajstić information content (AvgIpc) is 2.69. The van der Waals surface area contributed by atoms with Gasteiger partial charge in [0.05, 0.1) is 14.3 Å². The monoisotopic (exact) mass is 762 g/mol. The fraction of sp³-hybridized carbons (Fsp3) is 0.963. The molecule has 0 saturated heterocycles. The number of carbonyl (C=O) groups excluding carboxylic acids is 1. The van der Waals surface area contributed by atoms with Gasteiger partial charge < -0.3 is 36.4 Å². The van der Waals surface area contributed by atoms with E-state index in [1.54, 1.807) is 0 Å². The van der Waals surface area contributed by atoms with Gasteiger partial charge in [0.2, 0.25) is 8.32 Å². The van der Waals surface area contributed by atoms with Crippen LogP contribution >= 0.6 is 0 Å². The van der Waals surface area contributed by atoms with Crippen molar-refractivity contribution >= 4 is 73.1 Å². The van der Waals surface area contributed by atoms with Gasteiger partial charge in [-0.1, -0.05) is 33.0 Å². The van der Waals surface area contributed by atoms with Crippen LogP contribution < -0.4 is 11.1 Å². The van der Waals surface area contributed by atoms with E-state index in [2.05, 4.69) is 130 Å². The number of rotatable bonds is 20. The van der Waals surface area contributed by atoms with E-state index in [1.165, 1.54) is 12.5 Å². The summed E-state index contributed by atoms with van der Waals surface area (Å²) < 4.78 is 38.4. The van der Waals surface area contributed by atoms with Crippen molar-refractivity contribution in [1.82, 2.24) is 5.32 Å². The Kier molecular flexibility index (Phi) is 19.7. The maximum Gasteiger partial charge on any atom is 0.315 e. The molecule has 0 aromatic heterocycles. The van der Waals surface area contributed by atoms with Crippen LogP contribution in [-0.2, 0) is 25.3 Å². The molecule has 44 heavy (non-hydrogen) atoms. The zero-order valence-electron chi connectivity index (χ0n) is 32.4. The summed E-state index contributed by atoms with van der Waals surface area (Å²) in [6, 6.07) is 1.54. The quantitative estimate of drug-likeness (QED) is 0.0946. The molecule has 0 spiro atoms. The Balaban J connectivity index is 0. The molecule has 0 heterocycles. The van der Waals surface area contributed by atoms with Crippen LogP contribution in [0.25, 0.3) is 0 Å². The number of amides is 2. The van der Waals surface area contributed by atoms with Gasteiger partial charge in [-0.25, -0.2) is 4.79 Å². The minimum Gasteiger partial charge on any atom is -0.437 e. The van der Waals surface area contributed by atoms with E-state index in [0.29, 0.717) is 6.54 Å². The molecule has 1 atom stereocenters. The highest BCUT2D eigenvalue weighted by Gasteiger charge is 2.46. The number of nitrogens with two attached hydrogens (primary N) is 1. The van der Waals surface area contributed by atoms with Crippen molar-refractivity contribution in [3.8, 4) is 0 Å². The number of hydrogen-bond donors (Lipinski definition) is 2. The van der Waals surface area contributed by atoms with E-state index < -0.39 is 73.1 Å². The Bertz CT molecular complexity index is 846. The van der Waals surface area contributed by atoms with E-state index in [1.807, 2.05) is 0 Å². The maximum absolute atomic E-state index is 10.9. The molecule has 0 aromatic rings. The molecule has 0 fully saturated rings. The van der Waals surface area contributed by atoms with Gasteiger partial charge >= 0.3 is 31.7 Å². The van der Waals surface area contributed by atoms with Crippen molar-refractivity contribution in [3.63, 3.8) is 0 Å². The first-order valence-electron chi connectivity index (χ1n) is 16.3. The molecule has 9 nitrogen and oxygen atoms in total. The van der Waals surface area contributed by atoms with Crippen LogP contribution in [0.1, 0.15) is 19.8 Å². The van der Waals surface area contributed by atoms with E-state index in [-0.39, 0.29) is 0 Å². The lowest BCUT2D eigenvalue weighted by molar-refractivity contribution is 0.248. The Morgan fingerprint density at radius 3 is 1.45 bits per heavy atom. The fourth-order valence-corrected chi connectivity index (χ4v) is 35.7. The summed E-state index contributed by atoms with van der Waals surface area (Å²) in [5.74, 6) is 0. The Morgan fingerprint density at radius 1 is 0.591 bits per heavy atom. The third kappa shape index (κ3) is 28.9. The average molecular weight is 764 g/mol. The molecule has 0 rings (SSSR count). The van der Waals surface area contributed by atoms with Crippen LogP contribution in [0.15, 0.2) is 0 Å². The molecule has 0 radical (unpaired) electrons. The van der Waals surface area contributed by atoms with Gasteiger partial charge in [-0.15, -0.1) is 0 Å². The number of carbonyl (C=O) groups is 1. The van der Waals surface area contributed by atoms with Gasteiger partial charge in [-0.2, -0.15) is 0 Å². The number of urea groups is 1. The second-order valence-corrected chi connectivity index (χ2v) is 51.3. The predicted octanol–water partition coefficient (Wildman–Crippen LogP) is 8.51. The van der Waals surface area contributed by atoms with Crippen LogP contribution in [0.3, 0.4) is 0 Å². The van der Waals surface area contributed by atoms with Crippen molar-refractivity contribution in [2.75, 3.05) is 19.0 Å². The molecule has 2 amide bonds. The lowest BCUT2D eigenvalue weighted by Gasteiger charge is -2.42. The third-order valence-electron chi connectivity index (χ3n) is 5.69. The zero-order valence-corrected chi connectivity index (χ0v) is 40.4. The summed E-state index contributed by atoms with van der Waals surface area (Å²) in [5, 5.41) is 2.64. The third-order valence-corrected chi connectivity index (χ3v) is 29.2. The molecule has 0 bridgehead atoms. The highest BCUT2D eigenvalue weighted by atomic mass is 28.5. The maximum atomic E-state index is 10.9. The van der Waals surface area contributed by atoms with Crippen molar-refractivity contribution in [2.45, 2.75) is 150 Å². The summed E-state index contributed by atoms with van der Waals surface area (Å²) in [7, 11) is -14.8. The highest BCUT2D eigenvalue weighted by Crippen LogP contribution is 2.29. The van der Waals surface area contributed by atoms with Crippen molar-refractivity contribution in [1.29, 1.82) is 0 Å². The van der Waals surface area contributed by atoms with Crippen LogP contribution in [0, 0.1) is 0 Å². The largest absolute Gasteiger partial charge is 0.437 e. The standard InChI is InChI=1S/C15H42N2O5Si5.C12H32O2Si3/c1-23(2,3)19-25(7,8)21-26(9,10)22-27(11,20-24(4,5)6)14-12-13-17-15(16)18;1-9-10-16(5,6)14-12-17(7,8)13-11-15(2,3)4/h12-14H2,1-11H3,(H3,16,17,18);9-12H2,1-8H3. The summed E-state index contributed by atoms with van der Waals surface area (Å²) in [6.45, 7) is 42.5. The van der Waals surface area contributed by atoms with Gasteiger partial charge in [0.1, 0.15) is 0 Å². The molecule has 266 valence electrons. The lowest BCUT2D eigenvalue weighted by Crippen LogP contribution is -2.59. The molecule has 0 aliphatic heterocycles. The number of hydrogen-bond acceptors (Lipinski definition) is 7. The van der Waals surface area contributed by atoms with Crippen molar-refractivity contribution in [3.05, 3.63) is 0 Å². The molecular formula is C27H74N2O7Si8. The van der Waals surface area contributed by atoms with Gasteiger partial charge in [0.15, 0.2) is 25.0 Å². The molecule has 0 aromatic carbocycles. The highest BCUT2D eigenvalue weighted by molar-refractivity contribution is 6.90. The van der Waals surface area contributed by atoms with Crippen LogP contribution in [0.4, 0.5) is 4.79 Å². The molecule has 0 aliphatic carbocycles.